The molecular weight excluding hydrogens is 232 g/mol. The molecule has 2 nitrogen and oxygen atoms in total. The van der Waals surface area contributed by atoms with Gasteiger partial charge in [0.25, 0.3) is 0 Å². The van der Waals surface area contributed by atoms with E-state index in [0.717, 1.165) is 31.6 Å². The van der Waals surface area contributed by atoms with Crippen LogP contribution in [0.3, 0.4) is 0 Å². The molecule has 0 aromatic rings. The maximum Gasteiger partial charge on any atom is 0.238 e. The summed E-state index contributed by atoms with van der Waals surface area (Å²) in [5.74, 6) is 0.811. The molecule has 0 aromatic heterocycles. The minimum absolute atomic E-state index is 0.303. The van der Waals surface area contributed by atoms with E-state index in [4.69, 9.17) is 10.7 Å². The second kappa shape index (κ2) is 3.36. The van der Waals surface area contributed by atoms with E-state index in [1.54, 1.807) is 0 Å². The number of hydrogen-bond acceptors (Lipinski definition) is 2. The first-order valence-corrected chi connectivity index (χ1v) is 8.02. The van der Waals surface area contributed by atoms with E-state index in [9.17, 15) is 8.42 Å². The summed E-state index contributed by atoms with van der Waals surface area (Å²) in [5, 5.41) is 0. The third-order valence-electron chi connectivity index (χ3n) is 4.23. The lowest BCUT2D eigenvalue weighted by molar-refractivity contribution is 0.272. The van der Waals surface area contributed by atoms with Gasteiger partial charge in [0.1, 0.15) is 0 Å². The van der Waals surface area contributed by atoms with Crippen molar-refractivity contribution in [1.29, 1.82) is 0 Å². The summed E-state index contributed by atoms with van der Waals surface area (Å²) in [6.07, 6.45) is 5.90. The van der Waals surface area contributed by atoms with Crippen molar-refractivity contribution >= 4 is 19.7 Å². The van der Waals surface area contributed by atoms with Crippen LogP contribution >= 0.6 is 10.7 Å². The normalized spacial score (nSPS) is 25.3. The van der Waals surface area contributed by atoms with Crippen LogP contribution in [0.2, 0.25) is 0 Å². The lowest BCUT2D eigenvalue weighted by Gasteiger charge is -2.26. The van der Waals surface area contributed by atoms with Gasteiger partial charge >= 0.3 is 0 Å². The second-order valence-corrected chi connectivity index (χ2v) is 8.84. The van der Waals surface area contributed by atoms with Gasteiger partial charge in [-0.1, -0.05) is 13.8 Å². The molecule has 0 N–H and O–H groups in total. The van der Waals surface area contributed by atoms with Gasteiger partial charge in [0.2, 0.25) is 9.05 Å². The van der Waals surface area contributed by atoms with Gasteiger partial charge in [-0.15, -0.1) is 0 Å². The highest BCUT2D eigenvalue weighted by molar-refractivity contribution is 8.15. The van der Waals surface area contributed by atoms with Gasteiger partial charge in [0.05, 0.1) is 4.75 Å². The summed E-state index contributed by atoms with van der Waals surface area (Å²) < 4.78 is 22.2. The Balaban J connectivity index is 1.93. The second-order valence-electron chi connectivity index (χ2n) is 5.88. The van der Waals surface area contributed by atoms with Crippen LogP contribution in [0.4, 0.5) is 0 Å². The zero-order chi connectivity index (χ0) is 11.3. The number of halogens is 1. The van der Waals surface area contributed by atoms with Crippen LogP contribution in [-0.2, 0) is 9.05 Å². The highest BCUT2D eigenvalue weighted by atomic mass is 35.7. The van der Waals surface area contributed by atoms with Crippen molar-refractivity contribution < 1.29 is 8.42 Å². The topological polar surface area (TPSA) is 34.1 Å². The van der Waals surface area contributed by atoms with E-state index in [2.05, 4.69) is 13.8 Å². The van der Waals surface area contributed by atoms with E-state index in [0.29, 0.717) is 5.41 Å². The molecule has 4 heteroatoms. The Morgan fingerprint density at radius 2 is 1.87 bits per heavy atom. The minimum Gasteiger partial charge on any atom is -0.212 e. The van der Waals surface area contributed by atoms with Crippen LogP contribution in [0.25, 0.3) is 0 Å². The molecule has 0 amide bonds. The van der Waals surface area contributed by atoms with Crippen LogP contribution in [-0.4, -0.2) is 13.2 Å². The monoisotopic (exact) mass is 250 g/mol. The standard InChI is InChI=1S/C11H19ClO2S/c1-10(2,9-3-4-9)5-6-11(7-8-11)15(12,13)14/h9H,3-8H2,1-2H3. The van der Waals surface area contributed by atoms with E-state index in [1.165, 1.54) is 12.8 Å². The molecule has 2 aliphatic carbocycles. The molecule has 2 fully saturated rings. The Bertz CT molecular complexity index is 351. The molecule has 0 aliphatic heterocycles. The van der Waals surface area contributed by atoms with Crippen molar-refractivity contribution in [3.8, 4) is 0 Å². The highest BCUT2D eigenvalue weighted by Gasteiger charge is 2.54. The molecule has 0 unspecified atom stereocenters. The first-order valence-electron chi connectivity index (χ1n) is 5.71. The zero-order valence-electron chi connectivity index (χ0n) is 9.42. The average Bonchev–Trinajstić information content (AvgIpc) is 2.94. The lowest BCUT2D eigenvalue weighted by atomic mass is 9.82. The first-order chi connectivity index (χ1) is 6.77. The molecule has 2 saturated carbocycles. The molecular formula is C11H19ClO2S. The van der Waals surface area contributed by atoms with Crippen molar-refractivity contribution in [2.24, 2.45) is 11.3 Å². The van der Waals surface area contributed by atoms with Gasteiger partial charge in [-0.25, -0.2) is 8.42 Å². The van der Waals surface area contributed by atoms with Gasteiger partial charge in [0.15, 0.2) is 0 Å². The van der Waals surface area contributed by atoms with Crippen LogP contribution < -0.4 is 0 Å². The van der Waals surface area contributed by atoms with Gasteiger partial charge in [0, 0.05) is 10.7 Å². The Labute approximate surface area is 96.8 Å². The number of hydrogen-bond donors (Lipinski definition) is 0. The molecule has 0 radical (unpaired) electrons. The predicted molar refractivity (Wildman–Crippen MR) is 62.5 cm³/mol. The Morgan fingerprint density at radius 3 is 2.20 bits per heavy atom. The van der Waals surface area contributed by atoms with Crippen molar-refractivity contribution in [2.75, 3.05) is 0 Å². The highest BCUT2D eigenvalue weighted by Crippen LogP contribution is 2.54. The summed E-state index contributed by atoms with van der Waals surface area (Å²) in [5.41, 5.74) is 0.303. The van der Waals surface area contributed by atoms with E-state index < -0.39 is 13.8 Å². The molecule has 0 aromatic carbocycles. The molecule has 2 rings (SSSR count). The smallest absolute Gasteiger partial charge is 0.212 e. The van der Waals surface area contributed by atoms with Gasteiger partial charge in [-0.3, -0.25) is 0 Å². The van der Waals surface area contributed by atoms with Gasteiger partial charge in [-0.05, 0) is 49.9 Å². The average molecular weight is 251 g/mol. The van der Waals surface area contributed by atoms with Crippen molar-refractivity contribution in [2.45, 2.75) is 57.1 Å². The van der Waals surface area contributed by atoms with Gasteiger partial charge in [-0.2, -0.15) is 0 Å². The molecule has 0 bridgehead atoms. The quantitative estimate of drug-likeness (QED) is 0.702. The van der Waals surface area contributed by atoms with Crippen molar-refractivity contribution in [1.82, 2.24) is 0 Å². The van der Waals surface area contributed by atoms with Crippen molar-refractivity contribution in [3.05, 3.63) is 0 Å². The summed E-state index contributed by atoms with van der Waals surface area (Å²) in [4.78, 5) is 0. The fraction of sp³-hybridized carbons (Fsp3) is 1.00. The molecule has 0 heterocycles. The molecule has 0 saturated heterocycles. The Kier molecular flexibility index (Phi) is 2.63. The summed E-state index contributed by atoms with van der Waals surface area (Å²) >= 11 is 0. The zero-order valence-corrected chi connectivity index (χ0v) is 11.0. The largest absolute Gasteiger partial charge is 0.238 e. The van der Waals surface area contributed by atoms with Gasteiger partial charge < -0.3 is 0 Å². The molecule has 15 heavy (non-hydrogen) atoms. The lowest BCUT2D eigenvalue weighted by Crippen LogP contribution is -2.23. The maximum atomic E-state index is 11.4. The van der Waals surface area contributed by atoms with Crippen molar-refractivity contribution in [3.63, 3.8) is 0 Å². The van der Waals surface area contributed by atoms with Crippen LogP contribution in [0, 0.1) is 11.3 Å². The van der Waals surface area contributed by atoms with E-state index in [-0.39, 0.29) is 0 Å². The molecule has 0 atom stereocenters. The molecule has 2 aliphatic rings. The van der Waals surface area contributed by atoms with Crippen LogP contribution in [0.1, 0.15) is 52.4 Å². The minimum atomic E-state index is -3.35. The third-order valence-corrected chi connectivity index (χ3v) is 6.86. The predicted octanol–water partition coefficient (Wildman–Crippen LogP) is 3.30. The van der Waals surface area contributed by atoms with E-state index >= 15 is 0 Å². The fourth-order valence-electron chi connectivity index (χ4n) is 2.37. The van der Waals surface area contributed by atoms with Crippen LogP contribution in [0.15, 0.2) is 0 Å². The fourth-order valence-corrected chi connectivity index (χ4v) is 4.00. The molecule has 88 valence electrons. The third kappa shape index (κ3) is 2.33. The summed E-state index contributed by atoms with van der Waals surface area (Å²) in [6, 6.07) is 0. The summed E-state index contributed by atoms with van der Waals surface area (Å²) in [7, 11) is 2.14. The maximum absolute atomic E-state index is 11.4. The SMILES string of the molecule is CC(C)(CCC1(S(=O)(=O)Cl)CC1)C1CC1. The molecule has 0 spiro atoms. The Morgan fingerprint density at radius 1 is 1.33 bits per heavy atom. The number of rotatable bonds is 5. The first kappa shape index (κ1) is 11.7. The Hall–Kier alpha value is 0.240. The van der Waals surface area contributed by atoms with Crippen LogP contribution in [0.5, 0.6) is 0 Å². The summed E-state index contributed by atoms with van der Waals surface area (Å²) in [6.45, 7) is 4.50. The van der Waals surface area contributed by atoms with E-state index in [1.807, 2.05) is 0 Å².